The maximum atomic E-state index is 5.83. The van der Waals surface area contributed by atoms with Gasteiger partial charge in [0.2, 0.25) is 5.88 Å². The van der Waals surface area contributed by atoms with Gasteiger partial charge in [-0.1, -0.05) is 23.7 Å². The first-order chi connectivity index (χ1) is 8.20. The highest BCUT2D eigenvalue weighted by molar-refractivity contribution is 9.10. The van der Waals surface area contributed by atoms with Gasteiger partial charge in [-0.2, -0.15) is 0 Å². The third-order valence-electron chi connectivity index (χ3n) is 2.05. The first-order valence-corrected chi connectivity index (χ1v) is 7.22. The van der Waals surface area contributed by atoms with Crippen LogP contribution >= 0.6 is 39.3 Å². The molecule has 0 N–H and O–H groups in total. The molecule has 5 heteroatoms. The fourth-order valence-corrected chi connectivity index (χ4v) is 2.53. The quantitative estimate of drug-likeness (QED) is 0.738. The second-order valence-electron chi connectivity index (χ2n) is 3.19. The largest absolute Gasteiger partial charge is 0.437 e. The van der Waals surface area contributed by atoms with Gasteiger partial charge in [0.15, 0.2) is 0 Å². The number of nitrogens with zero attached hydrogens (tertiary/aromatic N) is 1. The third-order valence-corrected chi connectivity index (χ3v) is 3.60. The third kappa shape index (κ3) is 3.15. The fraction of sp³-hybridized carbons (Fsp3) is 0.0833. The number of pyridine rings is 1. The number of aromatic nitrogens is 1. The highest BCUT2D eigenvalue weighted by Gasteiger charge is 2.08. The monoisotopic (exact) mass is 329 g/mol. The van der Waals surface area contributed by atoms with Crippen molar-refractivity contribution in [2.45, 2.75) is 4.90 Å². The molecule has 0 amide bonds. The van der Waals surface area contributed by atoms with E-state index in [-0.39, 0.29) is 0 Å². The van der Waals surface area contributed by atoms with Crippen LogP contribution in [0.3, 0.4) is 0 Å². The SMILES string of the molecule is CSc1ccccc1Oc1ncc(Cl)cc1Br. The number of thioether (sulfide) groups is 1. The normalized spacial score (nSPS) is 10.3. The van der Waals surface area contributed by atoms with E-state index in [4.69, 9.17) is 16.3 Å². The Labute approximate surface area is 117 Å². The van der Waals surface area contributed by atoms with Gasteiger partial charge in [0.25, 0.3) is 0 Å². The minimum atomic E-state index is 0.510. The summed E-state index contributed by atoms with van der Waals surface area (Å²) in [5.74, 6) is 1.30. The molecule has 0 bridgehead atoms. The lowest BCUT2D eigenvalue weighted by atomic mass is 10.3. The van der Waals surface area contributed by atoms with Crippen molar-refractivity contribution in [3.8, 4) is 11.6 Å². The molecular formula is C12H9BrClNOS. The second-order valence-corrected chi connectivity index (χ2v) is 5.33. The summed E-state index contributed by atoms with van der Waals surface area (Å²) < 4.78 is 6.49. The van der Waals surface area contributed by atoms with E-state index in [1.807, 2.05) is 30.5 Å². The molecule has 0 saturated carbocycles. The molecule has 0 fully saturated rings. The summed E-state index contributed by atoms with van der Waals surface area (Å²) in [6.45, 7) is 0. The fourth-order valence-electron chi connectivity index (χ4n) is 1.28. The van der Waals surface area contributed by atoms with E-state index < -0.39 is 0 Å². The molecule has 0 radical (unpaired) electrons. The molecule has 0 aliphatic rings. The van der Waals surface area contributed by atoms with Gasteiger partial charge in [-0.3, -0.25) is 0 Å². The molecule has 2 rings (SSSR count). The minimum absolute atomic E-state index is 0.510. The van der Waals surface area contributed by atoms with E-state index in [1.54, 1.807) is 24.0 Å². The van der Waals surface area contributed by atoms with E-state index >= 15 is 0 Å². The van der Waals surface area contributed by atoms with E-state index in [1.165, 1.54) is 0 Å². The van der Waals surface area contributed by atoms with Gasteiger partial charge < -0.3 is 4.74 Å². The Balaban J connectivity index is 2.31. The first-order valence-electron chi connectivity index (χ1n) is 4.82. The summed E-state index contributed by atoms with van der Waals surface area (Å²) in [4.78, 5) is 5.20. The summed E-state index contributed by atoms with van der Waals surface area (Å²) in [7, 11) is 0. The molecule has 0 aliphatic carbocycles. The Hall–Kier alpha value is -0.710. The minimum Gasteiger partial charge on any atom is -0.437 e. The van der Waals surface area contributed by atoms with Crippen molar-refractivity contribution in [1.82, 2.24) is 4.98 Å². The number of rotatable bonds is 3. The summed E-state index contributed by atoms with van der Waals surface area (Å²) in [6, 6.07) is 9.58. The highest BCUT2D eigenvalue weighted by atomic mass is 79.9. The number of hydrogen-bond acceptors (Lipinski definition) is 3. The first kappa shape index (κ1) is 12.7. The van der Waals surface area contributed by atoms with Gasteiger partial charge in [-0.05, 0) is 40.4 Å². The lowest BCUT2D eigenvalue weighted by molar-refractivity contribution is 0.449. The van der Waals surface area contributed by atoms with Gasteiger partial charge in [-0.25, -0.2) is 4.98 Å². The van der Waals surface area contributed by atoms with Crippen molar-refractivity contribution in [2.75, 3.05) is 6.26 Å². The van der Waals surface area contributed by atoms with Crippen molar-refractivity contribution in [3.05, 3.63) is 46.0 Å². The zero-order chi connectivity index (χ0) is 12.3. The van der Waals surface area contributed by atoms with E-state index in [2.05, 4.69) is 20.9 Å². The molecular weight excluding hydrogens is 322 g/mol. The van der Waals surface area contributed by atoms with E-state index in [0.29, 0.717) is 10.9 Å². The summed E-state index contributed by atoms with van der Waals surface area (Å²) in [6.07, 6.45) is 3.57. The predicted octanol–water partition coefficient (Wildman–Crippen LogP) is 5.01. The maximum Gasteiger partial charge on any atom is 0.233 e. The van der Waals surface area contributed by atoms with Gasteiger partial charge in [0.05, 0.1) is 9.50 Å². The van der Waals surface area contributed by atoms with Crippen LogP contribution in [0.4, 0.5) is 0 Å². The number of benzene rings is 1. The zero-order valence-corrected chi connectivity index (χ0v) is 12.1. The van der Waals surface area contributed by atoms with Gasteiger partial charge in [-0.15, -0.1) is 11.8 Å². The van der Waals surface area contributed by atoms with Crippen LogP contribution in [0, 0.1) is 0 Å². The smallest absolute Gasteiger partial charge is 0.233 e. The molecule has 1 aromatic heterocycles. The lowest BCUT2D eigenvalue weighted by Gasteiger charge is -2.09. The van der Waals surface area contributed by atoms with Crippen LogP contribution in [0.2, 0.25) is 5.02 Å². The molecule has 0 unspecified atom stereocenters. The zero-order valence-electron chi connectivity index (χ0n) is 8.98. The van der Waals surface area contributed by atoms with Crippen LogP contribution in [0.1, 0.15) is 0 Å². The molecule has 0 atom stereocenters. The molecule has 0 spiro atoms. The molecule has 0 saturated heterocycles. The van der Waals surface area contributed by atoms with Crippen molar-refractivity contribution in [1.29, 1.82) is 0 Å². The molecule has 0 aliphatic heterocycles. The van der Waals surface area contributed by atoms with Gasteiger partial charge >= 0.3 is 0 Å². The van der Waals surface area contributed by atoms with E-state index in [9.17, 15) is 0 Å². The van der Waals surface area contributed by atoms with Crippen LogP contribution in [-0.4, -0.2) is 11.2 Å². The summed E-state index contributed by atoms with van der Waals surface area (Å²) in [5, 5.41) is 0.572. The van der Waals surface area contributed by atoms with Crippen LogP contribution in [-0.2, 0) is 0 Å². The van der Waals surface area contributed by atoms with Gasteiger partial charge in [0, 0.05) is 11.1 Å². The molecule has 17 heavy (non-hydrogen) atoms. The Bertz CT molecular complexity index is 536. The van der Waals surface area contributed by atoms with Crippen LogP contribution < -0.4 is 4.74 Å². The van der Waals surface area contributed by atoms with Crippen molar-refractivity contribution in [2.24, 2.45) is 0 Å². The Kier molecular flexibility index (Phi) is 4.31. The Morgan fingerprint density at radius 1 is 1.35 bits per heavy atom. The van der Waals surface area contributed by atoms with Crippen molar-refractivity contribution < 1.29 is 4.74 Å². The van der Waals surface area contributed by atoms with Crippen LogP contribution in [0.5, 0.6) is 11.6 Å². The highest BCUT2D eigenvalue weighted by Crippen LogP contribution is 2.34. The van der Waals surface area contributed by atoms with E-state index in [0.717, 1.165) is 15.1 Å². The standard InChI is InChI=1S/C12H9BrClNOS/c1-17-11-5-3-2-4-10(11)16-12-9(13)6-8(14)7-15-12/h2-7H,1H3. The number of halogens is 2. The van der Waals surface area contributed by atoms with Crippen molar-refractivity contribution in [3.63, 3.8) is 0 Å². The number of ether oxygens (including phenoxy) is 1. The molecule has 1 aromatic carbocycles. The Morgan fingerprint density at radius 3 is 2.82 bits per heavy atom. The average Bonchev–Trinajstić information content (AvgIpc) is 2.33. The lowest BCUT2D eigenvalue weighted by Crippen LogP contribution is -1.90. The predicted molar refractivity (Wildman–Crippen MR) is 75.2 cm³/mol. The van der Waals surface area contributed by atoms with Crippen LogP contribution in [0.15, 0.2) is 45.9 Å². The Morgan fingerprint density at radius 2 is 2.12 bits per heavy atom. The number of para-hydroxylation sites is 1. The molecule has 88 valence electrons. The molecule has 2 nitrogen and oxygen atoms in total. The summed E-state index contributed by atoms with van der Waals surface area (Å²) >= 11 is 10.8. The molecule has 1 heterocycles. The molecule has 2 aromatic rings. The topological polar surface area (TPSA) is 22.1 Å². The van der Waals surface area contributed by atoms with Gasteiger partial charge in [0.1, 0.15) is 5.75 Å². The van der Waals surface area contributed by atoms with Crippen molar-refractivity contribution >= 4 is 39.3 Å². The summed E-state index contributed by atoms with van der Waals surface area (Å²) in [5.41, 5.74) is 0. The maximum absolute atomic E-state index is 5.83. The second kappa shape index (κ2) is 5.76. The average molecular weight is 331 g/mol. The van der Waals surface area contributed by atoms with Crippen LogP contribution in [0.25, 0.3) is 0 Å². The number of hydrogen-bond donors (Lipinski definition) is 0.